The third kappa shape index (κ3) is 5.04. The Bertz CT molecular complexity index is 1130. The second-order valence-electron chi connectivity index (χ2n) is 8.58. The third-order valence-corrected chi connectivity index (χ3v) is 7.76. The van der Waals surface area contributed by atoms with Crippen LogP contribution in [-0.4, -0.2) is 63.9 Å². The Kier molecular flexibility index (Phi) is 6.71. The number of anilines is 2. The number of nitrogens with zero attached hydrogens (tertiary/aromatic N) is 3. The van der Waals surface area contributed by atoms with Crippen molar-refractivity contribution >= 4 is 33.2 Å². The zero-order chi connectivity index (χ0) is 23.6. The molecule has 1 atom stereocenters. The van der Waals surface area contributed by atoms with Crippen molar-refractivity contribution in [2.45, 2.75) is 37.6 Å². The van der Waals surface area contributed by atoms with Crippen molar-refractivity contribution in [3.63, 3.8) is 0 Å². The van der Waals surface area contributed by atoms with Gasteiger partial charge in [0.05, 0.1) is 4.90 Å². The van der Waals surface area contributed by atoms with Gasteiger partial charge in [0.15, 0.2) is 0 Å². The number of para-hydroxylation sites is 1. The Balaban J connectivity index is 1.29. The molecule has 2 aliphatic rings. The summed E-state index contributed by atoms with van der Waals surface area (Å²) in [4.78, 5) is 30.4. The largest absolute Gasteiger partial charge is 0.368 e. The molecule has 0 aromatic heterocycles. The van der Waals surface area contributed by atoms with Gasteiger partial charge in [0, 0.05) is 63.5 Å². The van der Waals surface area contributed by atoms with E-state index in [-0.39, 0.29) is 35.7 Å². The Morgan fingerprint density at radius 2 is 1.73 bits per heavy atom. The highest BCUT2D eigenvalue weighted by Crippen LogP contribution is 2.33. The maximum atomic E-state index is 12.8. The van der Waals surface area contributed by atoms with Gasteiger partial charge in [-0.25, -0.2) is 13.1 Å². The summed E-state index contributed by atoms with van der Waals surface area (Å²) in [7, 11) is -3.74. The lowest BCUT2D eigenvalue weighted by atomic mass is 10.1. The monoisotopic (exact) mass is 470 g/mol. The summed E-state index contributed by atoms with van der Waals surface area (Å²) < 4.78 is 28.1. The van der Waals surface area contributed by atoms with Gasteiger partial charge in [0.1, 0.15) is 0 Å². The lowest BCUT2D eigenvalue weighted by Crippen LogP contribution is -2.49. The van der Waals surface area contributed by atoms with Crippen molar-refractivity contribution < 1.29 is 18.0 Å². The van der Waals surface area contributed by atoms with Crippen molar-refractivity contribution in [3.8, 4) is 0 Å². The average molecular weight is 471 g/mol. The van der Waals surface area contributed by atoms with Gasteiger partial charge in [-0.2, -0.15) is 0 Å². The van der Waals surface area contributed by atoms with Gasteiger partial charge in [-0.1, -0.05) is 18.2 Å². The molecule has 2 aromatic carbocycles. The van der Waals surface area contributed by atoms with Gasteiger partial charge in [-0.3, -0.25) is 9.59 Å². The predicted molar refractivity (Wildman–Crippen MR) is 128 cm³/mol. The zero-order valence-electron chi connectivity index (χ0n) is 19.0. The molecule has 0 bridgehead atoms. The van der Waals surface area contributed by atoms with Crippen LogP contribution in [0, 0.1) is 0 Å². The molecule has 9 heteroatoms. The van der Waals surface area contributed by atoms with Gasteiger partial charge >= 0.3 is 0 Å². The number of fused-ring (bicyclic) bond motifs is 1. The molecule has 2 amide bonds. The van der Waals surface area contributed by atoms with Crippen LogP contribution in [0.2, 0.25) is 0 Å². The number of amides is 2. The molecular formula is C24H30N4O4S. The van der Waals surface area contributed by atoms with Gasteiger partial charge < -0.3 is 14.7 Å². The third-order valence-electron chi connectivity index (χ3n) is 6.30. The minimum Gasteiger partial charge on any atom is -0.368 e. The van der Waals surface area contributed by atoms with Crippen molar-refractivity contribution in [1.29, 1.82) is 0 Å². The molecule has 1 saturated heterocycles. The number of carbonyl (C=O) groups excluding carboxylic acids is 2. The average Bonchev–Trinajstić information content (AvgIpc) is 3.14. The van der Waals surface area contributed by atoms with Gasteiger partial charge in [0.25, 0.3) is 0 Å². The summed E-state index contributed by atoms with van der Waals surface area (Å²) in [5, 5.41) is 0. The van der Waals surface area contributed by atoms with Crippen LogP contribution in [0.15, 0.2) is 53.4 Å². The van der Waals surface area contributed by atoms with E-state index < -0.39 is 10.0 Å². The number of sulfonamides is 1. The predicted octanol–water partition coefficient (Wildman–Crippen LogP) is 2.00. The number of benzene rings is 2. The maximum Gasteiger partial charge on any atom is 0.240 e. The molecule has 0 spiro atoms. The Morgan fingerprint density at radius 1 is 1.03 bits per heavy atom. The van der Waals surface area contributed by atoms with Crippen LogP contribution >= 0.6 is 0 Å². The molecule has 1 N–H and O–H groups in total. The van der Waals surface area contributed by atoms with Gasteiger partial charge in [0.2, 0.25) is 21.8 Å². The fourth-order valence-corrected chi connectivity index (χ4v) is 5.72. The molecule has 8 nitrogen and oxygen atoms in total. The van der Waals surface area contributed by atoms with Crippen LogP contribution in [0.3, 0.4) is 0 Å². The van der Waals surface area contributed by atoms with Crippen LogP contribution in [-0.2, 0) is 26.0 Å². The van der Waals surface area contributed by atoms with Gasteiger partial charge in [-0.15, -0.1) is 0 Å². The van der Waals surface area contributed by atoms with Crippen LogP contribution in [0.5, 0.6) is 0 Å². The number of hydrogen-bond donors (Lipinski definition) is 1. The standard InChI is InChI=1S/C24H30N4O4S/c1-18-16-20-17-22(8-9-23(20)28(18)19(2)29)33(31,32)25-11-10-24(30)27-14-12-26(13-15-27)21-6-4-3-5-7-21/h3-9,17-18,25H,10-16H2,1-2H3. The molecule has 0 aliphatic carbocycles. The van der Waals surface area contributed by atoms with E-state index in [1.807, 2.05) is 25.1 Å². The van der Waals surface area contributed by atoms with E-state index in [4.69, 9.17) is 0 Å². The lowest BCUT2D eigenvalue weighted by Gasteiger charge is -2.36. The fraction of sp³-hybridized carbons (Fsp3) is 0.417. The smallest absolute Gasteiger partial charge is 0.240 e. The van der Waals surface area contributed by atoms with E-state index in [0.29, 0.717) is 19.5 Å². The lowest BCUT2D eigenvalue weighted by molar-refractivity contribution is -0.131. The second kappa shape index (κ2) is 9.52. The fourth-order valence-electron chi connectivity index (χ4n) is 4.64. The first kappa shape index (κ1) is 23.3. The molecule has 0 saturated carbocycles. The minimum absolute atomic E-state index is 0.00314. The molecule has 4 rings (SSSR count). The highest BCUT2D eigenvalue weighted by atomic mass is 32.2. The molecule has 1 unspecified atom stereocenters. The Hall–Kier alpha value is -2.91. The summed E-state index contributed by atoms with van der Waals surface area (Å²) in [6.45, 7) is 6.26. The van der Waals surface area contributed by atoms with Crippen molar-refractivity contribution in [3.05, 3.63) is 54.1 Å². The first-order valence-corrected chi connectivity index (χ1v) is 12.7. The number of carbonyl (C=O) groups is 2. The van der Waals surface area contributed by atoms with Crippen molar-refractivity contribution in [2.75, 3.05) is 42.5 Å². The van der Waals surface area contributed by atoms with E-state index in [1.54, 1.807) is 21.9 Å². The summed E-state index contributed by atoms with van der Waals surface area (Å²) in [5.74, 6) is -0.108. The van der Waals surface area contributed by atoms with Crippen molar-refractivity contribution in [2.24, 2.45) is 0 Å². The Labute approximate surface area is 195 Å². The summed E-state index contributed by atoms with van der Waals surface area (Å²) in [6, 6.07) is 14.9. The molecule has 176 valence electrons. The first-order chi connectivity index (χ1) is 15.8. The molecule has 33 heavy (non-hydrogen) atoms. The summed E-state index contributed by atoms with van der Waals surface area (Å²) >= 11 is 0. The second-order valence-corrected chi connectivity index (χ2v) is 10.4. The highest BCUT2D eigenvalue weighted by molar-refractivity contribution is 7.89. The van der Waals surface area contributed by atoms with Crippen molar-refractivity contribution in [1.82, 2.24) is 9.62 Å². The number of rotatable bonds is 6. The van der Waals surface area contributed by atoms with Gasteiger partial charge in [-0.05, 0) is 49.2 Å². The van der Waals surface area contributed by atoms with Crippen LogP contribution < -0.4 is 14.5 Å². The topological polar surface area (TPSA) is 90.0 Å². The van der Waals surface area contributed by atoms with Crippen LogP contribution in [0.4, 0.5) is 11.4 Å². The molecule has 2 aliphatic heterocycles. The summed E-state index contributed by atoms with van der Waals surface area (Å²) in [6.07, 6.45) is 0.733. The molecule has 2 heterocycles. The van der Waals surface area contributed by atoms with E-state index in [9.17, 15) is 18.0 Å². The SMILES string of the molecule is CC(=O)N1c2ccc(S(=O)(=O)NCCC(=O)N3CCN(c4ccccc4)CC3)cc2CC1C. The number of hydrogen-bond acceptors (Lipinski definition) is 5. The first-order valence-electron chi connectivity index (χ1n) is 11.3. The molecule has 0 radical (unpaired) electrons. The van der Waals surface area contributed by atoms with E-state index >= 15 is 0 Å². The Morgan fingerprint density at radius 3 is 2.39 bits per heavy atom. The number of nitrogens with one attached hydrogen (secondary N) is 1. The van der Waals surface area contributed by atoms with Crippen LogP contribution in [0.25, 0.3) is 0 Å². The van der Waals surface area contributed by atoms with E-state index in [1.165, 1.54) is 13.0 Å². The van der Waals surface area contributed by atoms with E-state index in [2.05, 4.69) is 21.8 Å². The van der Waals surface area contributed by atoms with Crippen LogP contribution in [0.1, 0.15) is 25.8 Å². The molecule has 2 aromatic rings. The van der Waals surface area contributed by atoms with E-state index in [0.717, 1.165) is 30.0 Å². The quantitative estimate of drug-likeness (QED) is 0.698. The minimum atomic E-state index is -3.74. The highest BCUT2D eigenvalue weighted by Gasteiger charge is 2.30. The molecular weight excluding hydrogens is 440 g/mol. The molecule has 1 fully saturated rings. The normalized spacial score (nSPS) is 18.4. The zero-order valence-corrected chi connectivity index (χ0v) is 19.8. The number of piperazine rings is 1. The summed E-state index contributed by atoms with van der Waals surface area (Å²) in [5.41, 5.74) is 2.75. The maximum absolute atomic E-state index is 12.8.